The molecule has 0 radical (unpaired) electrons. The maximum absolute atomic E-state index is 5.92. The summed E-state index contributed by atoms with van der Waals surface area (Å²) in [5.41, 5.74) is 0. The zero-order valence-corrected chi connectivity index (χ0v) is 10.7. The zero-order chi connectivity index (χ0) is 12.3. The van der Waals surface area contributed by atoms with E-state index in [9.17, 15) is 0 Å². The van der Waals surface area contributed by atoms with E-state index in [1.807, 2.05) is 28.6 Å². The van der Waals surface area contributed by atoms with Crippen LogP contribution in [0.3, 0.4) is 0 Å². The lowest BCUT2D eigenvalue weighted by molar-refractivity contribution is 0.443. The van der Waals surface area contributed by atoms with Crippen molar-refractivity contribution >= 4 is 11.6 Å². The van der Waals surface area contributed by atoms with E-state index in [4.69, 9.17) is 11.6 Å². The number of nitrogens with zero attached hydrogens (tertiary/aromatic N) is 4. The van der Waals surface area contributed by atoms with Crippen LogP contribution in [0.4, 0.5) is 0 Å². The van der Waals surface area contributed by atoms with E-state index in [2.05, 4.69) is 22.3 Å². The summed E-state index contributed by atoms with van der Waals surface area (Å²) in [6.45, 7) is 3.66. The lowest BCUT2D eigenvalue weighted by Gasteiger charge is -2.13. The summed E-state index contributed by atoms with van der Waals surface area (Å²) in [4.78, 5) is 4.23. The Labute approximate surface area is 105 Å². The Morgan fingerprint density at radius 2 is 2.35 bits per heavy atom. The third-order valence-electron chi connectivity index (χ3n) is 2.66. The van der Waals surface area contributed by atoms with Gasteiger partial charge in [0.1, 0.15) is 11.0 Å². The van der Waals surface area contributed by atoms with Crippen molar-refractivity contribution in [2.45, 2.75) is 26.1 Å². The summed E-state index contributed by atoms with van der Waals surface area (Å²) < 4.78 is 3.78. The topological polar surface area (TPSA) is 47.7 Å². The van der Waals surface area contributed by atoms with Crippen LogP contribution in [0.5, 0.6) is 0 Å². The number of rotatable bonds is 5. The third kappa shape index (κ3) is 3.08. The van der Waals surface area contributed by atoms with Gasteiger partial charge in [-0.3, -0.25) is 4.68 Å². The highest BCUT2D eigenvalue weighted by Crippen LogP contribution is 2.08. The van der Waals surface area contributed by atoms with Gasteiger partial charge in [-0.1, -0.05) is 11.6 Å². The Hall–Kier alpha value is -1.33. The predicted octanol–water partition coefficient (Wildman–Crippen LogP) is 1.45. The van der Waals surface area contributed by atoms with Gasteiger partial charge >= 0.3 is 0 Å². The normalized spacial score (nSPS) is 12.9. The predicted molar refractivity (Wildman–Crippen MR) is 66.7 cm³/mol. The van der Waals surface area contributed by atoms with Gasteiger partial charge in [0.2, 0.25) is 0 Å². The Kier molecular flexibility index (Phi) is 3.81. The van der Waals surface area contributed by atoms with Crippen LogP contribution in [0.15, 0.2) is 24.7 Å². The molecule has 0 saturated carbocycles. The molecule has 2 aromatic rings. The fourth-order valence-electron chi connectivity index (χ4n) is 1.61. The van der Waals surface area contributed by atoms with Gasteiger partial charge in [0.15, 0.2) is 0 Å². The molecule has 17 heavy (non-hydrogen) atoms. The van der Waals surface area contributed by atoms with E-state index in [0.29, 0.717) is 17.7 Å². The van der Waals surface area contributed by atoms with Crippen molar-refractivity contribution in [2.24, 2.45) is 7.05 Å². The van der Waals surface area contributed by atoms with Crippen molar-refractivity contribution in [3.8, 4) is 0 Å². The Bertz CT molecular complexity index is 462. The first kappa shape index (κ1) is 12.1. The molecule has 2 aromatic heterocycles. The van der Waals surface area contributed by atoms with Gasteiger partial charge in [-0.25, -0.2) is 4.98 Å². The molecule has 0 aliphatic rings. The van der Waals surface area contributed by atoms with Crippen LogP contribution < -0.4 is 5.32 Å². The molecular weight excluding hydrogens is 238 g/mol. The van der Waals surface area contributed by atoms with Crippen molar-refractivity contribution in [2.75, 3.05) is 0 Å². The monoisotopic (exact) mass is 253 g/mol. The fourth-order valence-corrected chi connectivity index (χ4v) is 1.75. The Morgan fingerprint density at radius 3 is 2.94 bits per heavy atom. The van der Waals surface area contributed by atoms with Crippen LogP contribution in [0.25, 0.3) is 0 Å². The van der Waals surface area contributed by atoms with E-state index in [1.54, 1.807) is 12.4 Å². The summed E-state index contributed by atoms with van der Waals surface area (Å²) in [5, 5.41) is 8.21. The number of nitrogens with one attached hydrogen (secondary N) is 1. The molecule has 0 aliphatic heterocycles. The molecule has 0 aliphatic carbocycles. The molecular formula is C11H16ClN5. The number of imidazole rings is 1. The van der Waals surface area contributed by atoms with Crippen molar-refractivity contribution < 1.29 is 0 Å². The molecule has 0 amide bonds. The maximum atomic E-state index is 5.92. The molecule has 1 atom stereocenters. The molecule has 0 spiro atoms. The zero-order valence-electron chi connectivity index (χ0n) is 9.97. The molecule has 0 unspecified atom stereocenters. The number of hydrogen-bond donors (Lipinski definition) is 1. The average molecular weight is 254 g/mol. The first-order chi connectivity index (χ1) is 8.16. The highest BCUT2D eigenvalue weighted by atomic mass is 35.5. The van der Waals surface area contributed by atoms with Crippen LogP contribution in [-0.4, -0.2) is 25.4 Å². The Balaban J connectivity index is 1.84. The highest BCUT2D eigenvalue weighted by Gasteiger charge is 2.07. The molecule has 0 aromatic carbocycles. The quantitative estimate of drug-likeness (QED) is 0.877. The summed E-state index contributed by atoms with van der Waals surface area (Å²) in [7, 11) is 1.91. The van der Waals surface area contributed by atoms with Crippen molar-refractivity contribution in [1.82, 2.24) is 24.6 Å². The second kappa shape index (κ2) is 5.33. The molecule has 0 bridgehead atoms. The van der Waals surface area contributed by atoms with Crippen molar-refractivity contribution in [3.63, 3.8) is 0 Å². The van der Waals surface area contributed by atoms with E-state index in [1.165, 1.54) is 0 Å². The molecule has 5 nitrogen and oxygen atoms in total. The van der Waals surface area contributed by atoms with Crippen molar-refractivity contribution in [1.29, 1.82) is 0 Å². The van der Waals surface area contributed by atoms with Crippen LogP contribution in [0.2, 0.25) is 5.15 Å². The van der Waals surface area contributed by atoms with Gasteiger partial charge in [0.05, 0.1) is 19.3 Å². The molecule has 2 rings (SSSR count). The molecule has 0 fully saturated rings. The van der Waals surface area contributed by atoms with Crippen LogP contribution in [0.1, 0.15) is 12.7 Å². The lowest BCUT2D eigenvalue weighted by atomic mass is 10.3. The second-order valence-corrected chi connectivity index (χ2v) is 4.45. The van der Waals surface area contributed by atoms with Crippen LogP contribution >= 0.6 is 11.6 Å². The van der Waals surface area contributed by atoms with Crippen molar-refractivity contribution in [3.05, 3.63) is 35.6 Å². The van der Waals surface area contributed by atoms with Gasteiger partial charge in [0.25, 0.3) is 0 Å². The summed E-state index contributed by atoms with van der Waals surface area (Å²) in [6, 6.07) is 2.25. The van der Waals surface area contributed by atoms with Crippen LogP contribution in [0, 0.1) is 0 Å². The van der Waals surface area contributed by atoms with Crippen LogP contribution in [-0.2, 0) is 20.1 Å². The number of aromatic nitrogens is 4. The average Bonchev–Trinajstić information content (AvgIpc) is 2.90. The Morgan fingerprint density at radius 1 is 1.53 bits per heavy atom. The molecule has 92 valence electrons. The minimum atomic E-state index is 0.324. The first-order valence-corrected chi connectivity index (χ1v) is 5.91. The molecule has 6 heteroatoms. The lowest BCUT2D eigenvalue weighted by Crippen LogP contribution is -2.31. The summed E-state index contributed by atoms with van der Waals surface area (Å²) in [5.74, 6) is 0.933. The van der Waals surface area contributed by atoms with E-state index >= 15 is 0 Å². The molecule has 1 N–H and O–H groups in total. The minimum absolute atomic E-state index is 0.324. The van der Waals surface area contributed by atoms with E-state index in [0.717, 1.165) is 12.4 Å². The molecule has 2 heterocycles. The maximum Gasteiger partial charge on any atom is 0.128 e. The largest absolute Gasteiger partial charge is 0.321 e. The van der Waals surface area contributed by atoms with Gasteiger partial charge in [0, 0.05) is 25.5 Å². The van der Waals surface area contributed by atoms with E-state index in [-0.39, 0.29) is 0 Å². The number of halogens is 1. The van der Waals surface area contributed by atoms with Gasteiger partial charge < -0.3 is 9.88 Å². The minimum Gasteiger partial charge on any atom is -0.321 e. The third-order valence-corrected chi connectivity index (χ3v) is 3.01. The molecule has 0 saturated heterocycles. The standard InChI is InChI=1S/C11H16ClN5/c1-9(8-17-5-3-4-15-17)13-7-11-14-6-10(12)16(11)2/h3-6,9,13H,7-8H2,1-2H3/t9-/m0/s1. The number of hydrogen-bond acceptors (Lipinski definition) is 3. The summed E-state index contributed by atoms with van der Waals surface area (Å²) in [6.07, 6.45) is 5.40. The SMILES string of the molecule is C[C@@H](Cn1cccn1)NCc1ncc(Cl)n1C. The highest BCUT2D eigenvalue weighted by molar-refractivity contribution is 6.29. The fraction of sp³-hybridized carbons (Fsp3) is 0.455. The van der Waals surface area contributed by atoms with Gasteiger partial charge in [-0.15, -0.1) is 0 Å². The summed E-state index contributed by atoms with van der Waals surface area (Å²) >= 11 is 5.92. The van der Waals surface area contributed by atoms with Gasteiger partial charge in [-0.2, -0.15) is 5.10 Å². The first-order valence-electron chi connectivity index (χ1n) is 5.53. The van der Waals surface area contributed by atoms with E-state index < -0.39 is 0 Å². The smallest absolute Gasteiger partial charge is 0.128 e. The van der Waals surface area contributed by atoms with Gasteiger partial charge in [-0.05, 0) is 13.0 Å². The second-order valence-electron chi connectivity index (χ2n) is 4.07.